The highest BCUT2D eigenvalue weighted by molar-refractivity contribution is 14.0. The summed E-state index contributed by atoms with van der Waals surface area (Å²) in [6, 6.07) is 10.1. The third-order valence-electron chi connectivity index (χ3n) is 5.18. The number of aliphatic imine (C=N–C) groups is 1. The third-order valence-corrected chi connectivity index (χ3v) is 6.00. The van der Waals surface area contributed by atoms with Crippen LogP contribution in [0.2, 0.25) is 0 Å². The van der Waals surface area contributed by atoms with Gasteiger partial charge in [-0.15, -0.1) is 24.0 Å². The van der Waals surface area contributed by atoms with E-state index in [-0.39, 0.29) is 36.4 Å². The van der Waals surface area contributed by atoms with Crippen LogP contribution in [0.15, 0.2) is 35.3 Å². The van der Waals surface area contributed by atoms with Crippen molar-refractivity contribution in [2.45, 2.75) is 26.8 Å². The van der Waals surface area contributed by atoms with E-state index in [9.17, 15) is 4.79 Å². The van der Waals surface area contributed by atoms with E-state index in [1.54, 1.807) is 7.05 Å². The van der Waals surface area contributed by atoms with E-state index in [4.69, 9.17) is 0 Å². The number of nitrogens with zero attached hydrogens (tertiary/aromatic N) is 6. The molecule has 8 nitrogen and oxygen atoms in total. The Kier molecular flexibility index (Phi) is 10.4. The van der Waals surface area contributed by atoms with Crippen LogP contribution in [0.4, 0.5) is 5.13 Å². The zero-order valence-corrected chi connectivity index (χ0v) is 21.6. The van der Waals surface area contributed by atoms with Gasteiger partial charge in [-0.2, -0.15) is 4.37 Å². The summed E-state index contributed by atoms with van der Waals surface area (Å²) in [4.78, 5) is 28.0. The fourth-order valence-electron chi connectivity index (χ4n) is 3.41. The number of benzene rings is 1. The Balaban J connectivity index is 0.00000341. The van der Waals surface area contributed by atoms with E-state index in [1.165, 1.54) is 11.5 Å². The van der Waals surface area contributed by atoms with E-state index >= 15 is 0 Å². The van der Waals surface area contributed by atoms with Crippen LogP contribution in [0.5, 0.6) is 0 Å². The van der Waals surface area contributed by atoms with Crippen LogP contribution in [-0.4, -0.2) is 77.3 Å². The lowest BCUT2D eigenvalue weighted by Crippen LogP contribution is -2.54. The summed E-state index contributed by atoms with van der Waals surface area (Å²) in [7, 11) is 1.76. The van der Waals surface area contributed by atoms with Gasteiger partial charge < -0.3 is 20.0 Å². The normalized spacial score (nSPS) is 14.2. The maximum atomic E-state index is 12.7. The predicted molar refractivity (Wildman–Crippen MR) is 137 cm³/mol. The molecule has 0 radical (unpaired) electrons. The van der Waals surface area contributed by atoms with E-state index in [2.05, 4.69) is 36.4 Å². The molecule has 1 amide bonds. The van der Waals surface area contributed by atoms with Crippen LogP contribution in [-0.2, 0) is 17.8 Å². The number of likely N-dealkylation sites (N-methyl/N-ethyl adjacent to an activating group) is 1. The number of aromatic nitrogens is 2. The van der Waals surface area contributed by atoms with E-state index < -0.39 is 0 Å². The first-order valence-corrected chi connectivity index (χ1v) is 11.3. The highest BCUT2D eigenvalue weighted by Crippen LogP contribution is 2.19. The standard InChI is InChI=1S/C21H31N7OS.HI/c1-4-18-24-21(30-25-18)28-13-11-27(12-14-28)20(22-3)23-15-19(29)26(5-2)16-17-9-7-6-8-10-17;/h6-10H,4-5,11-16H2,1-3H3,(H,22,23);1H. The summed E-state index contributed by atoms with van der Waals surface area (Å²) in [5, 5.41) is 4.24. The highest BCUT2D eigenvalue weighted by atomic mass is 127. The van der Waals surface area contributed by atoms with Gasteiger partial charge in [-0.3, -0.25) is 9.79 Å². The fraction of sp³-hybridized carbons (Fsp3) is 0.524. The van der Waals surface area contributed by atoms with Crippen molar-refractivity contribution in [1.82, 2.24) is 24.5 Å². The molecular formula is C21H32IN7OS. The van der Waals surface area contributed by atoms with Crippen LogP contribution < -0.4 is 10.2 Å². The maximum Gasteiger partial charge on any atom is 0.242 e. The molecule has 1 N–H and O–H groups in total. The van der Waals surface area contributed by atoms with Gasteiger partial charge >= 0.3 is 0 Å². The van der Waals surface area contributed by atoms with Crippen molar-refractivity contribution in [1.29, 1.82) is 0 Å². The topological polar surface area (TPSA) is 77.0 Å². The number of carbonyl (C=O) groups is 1. The first-order chi connectivity index (χ1) is 14.6. The molecule has 1 aromatic carbocycles. The number of aryl methyl sites for hydroxylation is 1. The van der Waals surface area contributed by atoms with E-state index in [0.29, 0.717) is 13.1 Å². The summed E-state index contributed by atoms with van der Waals surface area (Å²) in [6.45, 7) is 9.00. The van der Waals surface area contributed by atoms with Gasteiger partial charge in [0.25, 0.3) is 0 Å². The first-order valence-electron chi connectivity index (χ1n) is 10.5. The molecule has 1 aliphatic rings. The first kappa shape index (κ1) is 25.3. The molecule has 1 aromatic heterocycles. The molecular weight excluding hydrogens is 525 g/mol. The number of guanidine groups is 1. The summed E-state index contributed by atoms with van der Waals surface area (Å²) in [5.74, 6) is 1.75. The van der Waals surface area contributed by atoms with Crippen LogP contribution in [0, 0.1) is 0 Å². The molecule has 1 saturated heterocycles. The van der Waals surface area contributed by atoms with Crippen molar-refractivity contribution in [3.8, 4) is 0 Å². The van der Waals surface area contributed by atoms with Gasteiger partial charge in [0, 0.05) is 64.3 Å². The van der Waals surface area contributed by atoms with Gasteiger partial charge in [0.05, 0.1) is 6.54 Å². The van der Waals surface area contributed by atoms with Gasteiger partial charge in [-0.1, -0.05) is 37.3 Å². The Hall–Kier alpha value is -1.95. The molecule has 1 fully saturated rings. The van der Waals surface area contributed by atoms with Crippen molar-refractivity contribution < 1.29 is 4.79 Å². The molecule has 2 aromatic rings. The minimum absolute atomic E-state index is 0. The lowest BCUT2D eigenvalue weighted by atomic mass is 10.2. The molecule has 0 spiro atoms. The van der Waals surface area contributed by atoms with Crippen molar-refractivity contribution in [3.63, 3.8) is 0 Å². The van der Waals surface area contributed by atoms with Crippen LogP contribution >= 0.6 is 35.5 Å². The minimum atomic E-state index is 0. The molecule has 0 saturated carbocycles. The van der Waals surface area contributed by atoms with Crippen LogP contribution in [0.25, 0.3) is 0 Å². The van der Waals surface area contributed by atoms with Gasteiger partial charge in [0.2, 0.25) is 11.0 Å². The highest BCUT2D eigenvalue weighted by Gasteiger charge is 2.23. The number of rotatable bonds is 7. The Morgan fingerprint density at radius 2 is 1.90 bits per heavy atom. The van der Waals surface area contributed by atoms with E-state index in [1.807, 2.05) is 42.2 Å². The number of anilines is 1. The van der Waals surface area contributed by atoms with Crippen LogP contribution in [0.3, 0.4) is 0 Å². The molecule has 0 bridgehead atoms. The molecule has 0 aliphatic carbocycles. The SMILES string of the molecule is CCc1nsc(N2CCN(C(=NC)NCC(=O)N(CC)Cc3ccccc3)CC2)n1.I. The average Bonchev–Trinajstić information content (AvgIpc) is 3.28. The minimum Gasteiger partial charge on any atom is -0.347 e. The maximum absolute atomic E-state index is 12.7. The Morgan fingerprint density at radius 3 is 2.48 bits per heavy atom. The van der Waals surface area contributed by atoms with Crippen molar-refractivity contribution in [2.24, 2.45) is 4.99 Å². The summed E-state index contributed by atoms with van der Waals surface area (Å²) < 4.78 is 4.38. The number of nitrogens with one attached hydrogen (secondary N) is 1. The third kappa shape index (κ3) is 7.03. The molecule has 0 atom stereocenters. The smallest absolute Gasteiger partial charge is 0.242 e. The molecule has 1 aliphatic heterocycles. The number of halogens is 1. The number of piperazine rings is 1. The largest absolute Gasteiger partial charge is 0.347 e. The Labute approximate surface area is 205 Å². The van der Waals surface area contributed by atoms with Gasteiger partial charge in [0.15, 0.2) is 5.96 Å². The van der Waals surface area contributed by atoms with Gasteiger partial charge in [0.1, 0.15) is 5.82 Å². The summed E-state index contributed by atoms with van der Waals surface area (Å²) >= 11 is 1.47. The number of hydrogen-bond donors (Lipinski definition) is 1. The summed E-state index contributed by atoms with van der Waals surface area (Å²) in [5.41, 5.74) is 1.14. The van der Waals surface area contributed by atoms with Crippen molar-refractivity contribution in [3.05, 3.63) is 41.7 Å². The van der Waals surface area contributed by atoms with Crippen molar-refractivity contribution >= 4 is 52.5 Å². The molecule has 0 unspecified atom stereocenters. The van der Waals surface area contributed by atoms with Gasteiger partial charge in [-0.25, -0.2) is 4.98 Å². The molecule has 3 rings (SSSR count). The second-order valence-corrected chi connectivity index (χ2v) is 7.85. The van der Waals surface area contributed by atoms with E-state index in [0.717, 1.165) is 55.1 Å². The van der Waals surface area contributed by atoms with Crippen molar-refractivity contribution in [2.75, 3.05) is 51.2 Å². The fourth-order valence-corrected chi connectivity index (χ4v) is 4.21. The van der Waals surface area contributed by atoms with Gasteiger partial charge in [-0.05, 0) is 12.5 Å². The summed E-state index contributed by atoms with van der Waals surface area (Å²) in [6.07, 6.45) is 0.861. The number of carbonyl (C=O) groups excluding carboxylic acids is 1. The number of hydrogen-bond acceptors (Lipinski definition) is 6. The monoisotopic (exact) mass is 557 g/mol. The molecule has 31 heavy (non-hydrogen) atoms. The lowest BCUT2D eigenvalue weighted by Gasteiger charge is -2.36. The molecule has 170 valence electrons. The zero-order chi connectivity index (χ0) is 21.3. The zero-order valence-electron chi connectivity index (χ0n) is 18.5. The quantitative estimate of drug-likeness (QED) is 0.321. The number of amides is 1. The average molecular weight is 558 g/mol. The second kappa shape index (κ2) is 12.8. The van der Waals surface area contributed by atoms with Crippen LogP contribution in [0.1, 0.15) is 25.2 Å². The lowest BCUT2D eigenvalue weighted by molar-refractivity contribution is -0.130. The second-order valence-electron chi connectivity index (χ2n) is 7.12. The molecule has 2 heterocycles. The Morgan fingerprint density at radius 1 is 1.19 bits per heavy atom. The molecule has 10 heteroatoms. The Bertz CT molecular complexity index is 837. The predicted octanol–water partition coefficient (Wildman–Crippen LogP) is 2.46.